The Bertz CT molecular complexity index is 514. The summed E-state index contributed by atoms with van der Waals surface area (Å²) < 4.78 is 0. The van der Waals surface area contributed by atoms with Gasteiger partial charge >= 0.3 is 17.9 Å². The van der Waals surface area contributed by atoms with Crippen LogP contribution >= 0.6 is 0 Å². The van der Waals surface area contributed by atoms with E-state index in [1.54, 1.807) is 0 Å². The Hall–Kier alpha value is -3.10. The SMILES string of the molecule is CC(=O)O.O=C(O)CCCCC(=O)O.O=C(O)c1ccc(O)cc1. The summed E-state index contributed by atoms with van der Waals surface area (Å²) in [6.07, 6.45) is 1.02. The van der Waals surface area contributed by atoms with E-state index in [9.17, 15) is 14.4 Å². The summed E-state index contributed by atoms with van der Waals surface area (Å²) in [6.45, 7) is 1.08. The van der Waals surface area contributed by atoms with Crippen molar-refractivity contribution < 1.29 is 44.7 Å². The molecule has 1 aromatic rings. The van der Waals surface area contributed by atoms with Crippen LogP contribution in [0.5, 0.6) is 5.75 Å². The molecule has 1 rings (SSSR count). The third kappa shape index (κ3) is 18.9. The van der Waals surface area contributed by atoms with E-state index in [4.69, 9.17) is 30.3 Å². The molecule has 5 N–H and O–H groups in total. The van der Waals surface area contributed by atoms with Crippen LogP contribution in [0.25, 0.3) is 0 Å². The van der Waals surface area contributed by atoms with Gasteiger partial charge in [-0.05, 0) is 37.1 Å². The van der Waals surface area contributed by atoms with E-state index in [-0.39, 0.29) is 24.2 Å². The van der Waals surface area contributed by atoms with Gasteiger partial charge in [0.25, 0.3) is 5.97 Å². The van der Waals surface area contributed by atoms with Crippen LogP contribution in [0.4, 0.5) is 0 Å². The summed E-state index contributed by atoms with van der Waals surface area (Å²) in [4.78, 5) is 39.0. The second kappa shape index (κ2) is 13.6. The zero-order valence-electron chi connectivity index (χ0n) is 13.0. The van der Waals surface area contributed by atoms with Crippen molar-refractivity contribution in [2.75, 3.05) is 0 Å². The molecule has 24 heavy (non-hydrogen) atoms. The zero-order chi connectivity index (χ0) is 19.1. The normalized spacial score (nSPS) is 8.71. The fourth-order valence-electron chi connectivity index (χ4n) is 1.16. The number of hydrogen-bond acceptors (Lipinski definition) is 5. The molecule has 9 nitrogen and oxygen atoms in total. The Labute approximate surface area is 137 Å². The average Bonchev–Trinajstić information content (AvgIpc) is 2.44. The molecule has 0 aliphatic rings. The van der Waals surface area contributed by atoms with Gasteiger partial charge in [-0.3, -0.25) is 14.4 Å². The van der Waals surface area contributed by atoms with E-state index in [1.807, 2.05) is 0 Å². The van der Waals surface area contributed by atoms with Gasteiger partial charge < -0.3 is 25.5 Å². The standard InChI is InChI=1S/C7H6O3.C6H10O4.C2H4O2/c8-6-3-1-5(2-4-6)7(9)10;7-5(8)3-1-2-4-6(9)10;1-2(3)4/h1-4,8H,(H,9,10);1-4H2,(H,7,8)(H,9,10);1H3,(H,3,4). The minimum absolute atomic E-state index is 0.0628. The highest BCUT2D eigenvalue weighted by Gasteiger charge is 2.00. The topological polar surface area (TPSA) is 169 Å². The Kier molecular flexibility index (Phi) is 13.1. The number of phenolic OH excluding ortho intramolecular Hbond substituents is 1. The van der Waals surface area contributed by atoms with E-state index in [2.05, 4.69) is 0 Å². The minimum atomic E-state index is -0.986. The summed E-state index contributed by atoms with van der Waals surface area (Å²) in [5, 5.41) is 40.8. The fraction of sp³-hybridized carbons (Fsp3) is 0.333. The molecule has 134 valence electrons. The predicted octanol–water partition coefficient (Wildman–Crippen LogP) is 1.90. The zero-order valence-corrected chi connectivity index (χ0v) is 13.0. The maximum Gasteiger partial charge on any atom is 0.335 e. The lowest BCUT2D eigenvalue weighted by atomic mass is 10.2. The molecule has 0 amide bonds. The van der Waals surface area contributed by atoms with Gasteiger partial charge in [0.05, 0.1) is 5.56 Å². The van der Waals surface area contributed by atoms with Crippen molar-refractivity contribution in [2.24, 2.45) is 0 Å². The third-order valence-corrected chi connectivity index (χ3v) is 2.15. The molecule has 0 bridgehead atoms. The second-order valence-electron chi connectivity index (χ2n) is 4.37. The number of carboxylic acids is 4. The maximum atomic E-state index is 10.2. The summed E-state index contributed by atoms with van der Waals surface area (Å²) >= 11 is 0. The Morgan fingerprint density at radius 1 is 0.792 bits per heavy atom. The molecule has 0 atom stereocenters. The van der Waals surface area contributed by atoms with E-state index in [0.29, 0.717) is 12.8 Å². The first-order valence-electron chi connectivity index (χ1n) is 6.71. The Balaban J connectivity index is 0. The van der Waals surface area contributed by atoms with E-state index in [1.165, 1.54) is 24.3 Å². The number of aromatic hydroxyl groups is 1. The van der Waals surface area contributed by atoms with Gasteiger partial charge in [0.2, 0.25) is 0 Å². The van der Waals surface area contributed by atoms with Crippen molar-refractivity contribution in [1.82, 2.24) is 0 Å². The van der Waals surface area contributed by atoms with Gasteiger partial charge in [-0.25, -0.2) is 4.79 Å². The molecular formula is C15H20O9. The van der Waals surface area contributed by atoms with Crippen molar-refractivity contribution in [3.8, 4) is 5.75 Å². The number of carboxylic acid groups (broad SMARTS) is 4. The molecule has 0 aliphatic heterocycles. The molecule has 9 heteroatoms. The van der Waals surface area contributed by atoms with Crippen LogP contribution in [0.3, 0.4) is 0 Å². The van der Waals surface area contributed by atoms with Gasteiger partial charge in [-0.1, -0.05) is 0 Å². The second-order valence-corrected chi connectivity index (χ2v) is 4.37. The molecule has 0 aromatic heterocycles. The smallest absolute Gasteiger partial charge is 0.335 e. The van der Waals surface area contributed by atoms with Gasteiger partial charge in [0.15, 0.2) is 0 Å². The van der Waals surface area contributed by atoms with Gasteiger partial charge in [0, 0.05) is 19.8 Å². The van der Waals surface area contributed by atoms with Gasteiger partial charge in [0.1, 0.15) is 5.75 Å². The lowest BCUT2D eigenvalue weighted by Crippen LogP contribution is -1.97. The van der Waals surface area contributed by atoms with Crippen LogP contribution in [0.1, 0.15) is 43.0 Å². The molecule has 1 aromatic carbocycles. The largest absolute Gasteiger partial charge is 0.508 e. The van der Waals surface area contributed by atoms with Crippen molar-refractivity contribution in [3.05, 3.63) is 29.8 Å². The number of phenols is 1. The fourth-order valence-corrected chi connectivity index (χ4v) is 1.16. The van der Waals surface area contributed by atoms with Crippen LogP contribution in [0.2, 0.25) is 0 Å². The van der Waals surface area contributed by atoms with Gasteiger partial charge in [-0.2, -0.15) is 0 Å². The van der Waals surface area contributed by atoms with Crippen LogP contribution < -0.4 is 0 Å². The summed E-state index contributed by atoms with van der Waals surface area (Å²) in [7, 11) is 0. The molecular weight excluding hydrogens is 324 g/mol. The summed E-state index contributed by atoms with van der Waals surface area (Å²) in [5.74, 6) is -3.49. The monoisotopic (exact) mass is 344 g/mol. The van der Waals surface area contributed by atoms with Crippen molar-refractivity contribution >= 4 is 23.9 Å². The van der Waals surface area contributed by atoms with E-state index < -0.39 is 23.9 Å². The van der Waals surface area contributed by atoms with Crippen LogP contribution in [0, 0.1) is 0 Å². The van der Waals surface area contributed by atoms with Crippen molar-refractivity contribution in [1.29, 1.82) is 0 Å². The Morgan fingerprint density at radius 2 is 1.12 bits per heavy atom. The molecule has 0 unspecified atom stereocenters. The lowest BCUT2D eigenvalue weighted by molar-refractivity contribution is -0.139. The first-order valence-corrected chi connectivity index (χ1v) is 6.71. The first-order chi connectivity index (χ1) is 11.1. The van der Waals surface area contributed by atoms with E-state index in [0.717, 1.165) is 6.92 Å². The molecule has 0 saturated carbocycles. The van der Waals surface area contributed by atoms with Crippen LogP contribution in [0.15, 0.2) is 24.3 Å². The summed E-state index contributed by atoms with van der Waals surface area (Å²) in [5.41, 5.74) is 0.179. The third-order valence-electron chi connectivity index (χ3n) is 2.15. The number of rotatable bonds is 6. The number of benzene rings is 1. The van der Waals surface area contributed by atoms with E-state index >= 15 is 0 Å². The van der Waals surface area contributed by atoms with Gasteiger partial charge in [-0.15, -0.1) is 0 Å². The summed E-state index contributed by atoms with van der Waals surface area (Å²) in [6, 6.07) is 5.36. The first kappa shape index (κ1) is 23.2. The maximum absolute atomic E-state index is 10.2. The molecule has 0 radical (unpaired) electrons. The van der Waals surface area contributed by atoms with Crippen LogP contribution in [-0.2, 0) is 14.4 Å². The van der Waals surface area contributed by atoms with Crippen molar-refractivity contribution in [3.63, 3.8) is 0 Å². The highest BCUT2D eigenvalue weighted by Crippen LogP contribution is 2.08. The molecule has 0 aliphatic carbocycles. The molecule has 0 heterocycles. The number of unbranched alkanes of at least 4 members (excludes halogenated alkanes) is 1. The van der Waals surface area contributed by atoms with Crippen molar-refractivity contribution in [2.45, 2.75) is 32.6 Å². The molecule has 0 spiro atoms. The van der Waals surface area contributed by atoms with Crippen LogP contribution in [-0.4, -0.2) is 49.4 Å². The number of aliphatic carboxylic acids is 3. The molecule has 0 fully saturated rings. The number of carbonyl (C=O) groups is 4. The Morgan fingerprint density at radius 3 is 1.38 bits per heavy atom. The highest BCUT2D eigenvalue weighted by atomic mass is 16.4. The quantitative estimate of drug-likeness (QED) is 0.483. The lowest BCUT2D eigenvalue weighted by Gasteiger charge is -1.92. The predicted molar refractivity (Wildman–Crippen MR) is 82.1 cm³/mol. The number of aromatic carboxylic acids is 1. The highest BCUT2D eigenvalue weighted by molar-refractivity contribution is 5.87. The minimum Gasteiger partial charge on any atom is -0.508 e. The molecule has 0 saturated heterocycles. The number of hydrogen-bond donors (Lipinski definition) is 5. The average molecular weight is 344 g/mol.